The predicted octanol–water partition coefficient (Wildman–Crippen LogP) is 2.62. The van der Waals surface area contributed by atoms with Crippen LogP contribution >= 0.6 is 0 Å². The molecule has 140 valence electrons. The molecule has 1 aromatic heterocycles. The Bertz CT molecular complexity index is 796. The average molecular weight is 363 g/mol. The Labute approximate surface area is 159 Å². The van der Waals surface area contributed by atoms with Crippen LogP contribution in [-0.2, 0) is 11.2 Å². The largest absolute Gasteiger partial charge is 0.508 e. The molecule has 3 saturated heterocycles. The van der Waals surface area contributed by atoms with E-state index in [0.29, 0.717) is 12.0 Å². The highest BCUT2D eigenvalue weighted by atomic mass is 16.3. The van der Waals surface area contributed by atoms with E-state index in [1.807, 2.05) is 12.3 Å². The Balaban J connectivity index is 1.44. The molecule has 27 heavy (non-hydrogen) atoms. The van der Waals surface area contributed by atoms with E-state index < -0.39 is 0 Å². The molecule has 0 saturated carbocycles. The van der Waals surface area contributed by atoms with Crippen LogP contribution in [0.1, 0.15) is 24.0 Å². The van der Waals surface area contributed by atoms with E-state index in [4.69, 9.17) is 0 Å². The second-order valence-electron chi connectivity index (χ2n) is 7.47. The minimum Gasteiger partial charge on any atom is -0.508 e. The highest BCUT2D eigenvalue weighted by Gasteiger charge is 2.42. The quantitative estimate of drug-likeness (QED) is 0.802. The van der Waals surface area contributed by atoms with Crippen molar-refractivity contribution in [1.82, 2.24) is 15.2 Å². The Morgan fingerprint density at radius 3 is 2.70 bits per heavy atom. The van der Waals surface area contributed by atoms with Crippen LogP contribution in [0.2, 0.25) is 0 Å². The predicted molar refractivity (Wildman–Crippen MR) is 105 cm³/mol. The number of amides is 1. The first kappa shape index (κ1) is 17.7. The maximum Gasteiger partial charge on any atom is 0.244 e. The van der Waals surface area contributed by atoms with Crippen molar-refractivity contribution in [2.45, 2.75) is 31.3 Å². The molecule has 2 aromatic rings. The van der Waals surface area contributed by atoms with Gasteiger partial charge in [-0.3, -0.25) is 14.7 Å². The Kier molecular flexibility index (Phi) is 5.21. The van der Waals surface area contributed by atoms with Crippen molar-refractivity contribution in [2.24, 2.45) is 5.92 Å². The molecule has 2 bridgehead atoms. The number of rotatable bonds is 5. The number of hydrogen-bond donors (Lipinski definition) is 2. The number of benzene rings is 1. The molecule has 4 heterocycles. The van der Waals surface area contributed by atoms with Gasteiger partial charge in [0.05, 0.1) is 0 Å². The minimum absolute atomic E-state index is 0.0574. The van der Waals surface area contributed by atoms with Crippen LogP contribution in [0.15, 0.2) is 54.9 Å². The highest BCUT2D eigenvalue weighted by Crippen LogP contribution is 2.34. The topological polar surface area (TPSA) is 65.5 Å². The number of carbonyl (C=O) groups excluding carboxylic acids is 1. The molecule has 3 aliphatic heterocycles. The lowest BCUT2D eigenvalue weighted by molar-refractivity contribution is -0.119. The molecule has 5 heteroatoms. The van der Waals surface area contributed by atoms with Gasteiger partial charge >= 0.3 is 0 Å². The third kappa shape index (κ3) is 4.19. The van der Waals surface area contributed by atoms with E-state index in [9.17, 15) is 9.90 Å². The van der Waals surface area contributed by atoms with Crippen molar-refractivity contribution in [3.8, 4) is 5.75 Å². The molecule has 1 amide bonds. The zero-order chi connectivity index (χ0) is 18.6. The fourth-order valence-electron chi connectivity index (χ4n) is 4.35. The van der Waals surface area contributed by atoms with Crippen molar-refractivity contribution in [3.05, 3.63) is 66.0 Å². The molecule has 3 aliphatic rings. The van der Waals surface area contributed by atoms with Gasteiger partial charge < -0.3 is 10.4 Å². The lowest BCUT2D eigenvalue weighted by Crippen LogP contribution is -2.64. The summed E-state index contributed by atoms with van der Waals surface area (Å²) in [6, 6.07) is 11.4. The van der Waals surface area contributed by atoms with E-state index in [2.05, 4.69) is 21.3 Å². The van der Waals surface area contributed by atoms with Gasteiger partial charge in [-0.25, -0.2) is 0 Å². The van der Waals surface area contributed by atoms with E-state index >= 15 is 0 Å². The lowest BCUT2D eigenvalue weighted by Gasteiger charge is -2.51. The van der Waals surface area contributed by atoms with Gasteiger partial charge in [-0.05, 0) is 73.7 Å². The number of carbonyl (C=O) groups is 1. The molecule has 2 atom stereocenters. The zero-order valence-electron chi connectivity index (χ0n) is 15.3. The third-order valence-corrected chi connectivity index (χ3v) is 5.76. The number of phenolic OH excluding ortho intramolecular Hbond substituents is 1. The second-order valence-corrected chi connectivity index (χ2v) is 7.47. The maximum atomic E-state index is 12.5. The molecule has 1 aromatic carbocycles. The summed E-state index contributed by atoms with van der Waals surface area (Å²) in [5.41, 5.74) is 2.11. The van der Waals surface area contributed by atoms with Crippen LogP contribution in [0.25, 0.3) is 6.08 Å². The normalized spacial score (nSPS) is 27.0. The Morgan fingerprint density at radius 2 is 2.00 bits per heavy atom. The summed E-state index contributed by atoms with van der Waals surface area (Å²) in [6.07, 6.45) is 10.3. The summed E-state index contributed by atoms with van der Waals surface area (Å²) in [5, 5.41) is 12.6. The zero-order valence-corrected chi connectivity index (χ0v) is 15.3. The number of hydrogen-bond acceptors (Lipinski definition) is 4. The summed E-state index contributed by atoms with van der Waals surface area (Å²) in [7, 11) is 0. The first-order valence-corrected chi connectivity index (χ1v) is 9.59. The van der Waals surface area contributed by atoms with Gasteiger partial charge in [-0.1, -0.05) is 18.2 Å². The van der Waals surface area contributed by atoms with Gasteiger partial charge in [0.15, 0.2) is 0 Å². The minimum atomic E-state index is -0.0574. The SMILES string of the molecule is O=C(/C=C/c1ccc(O)cc1)N[C@H]1C2CCN(CC2)[C@@H]1Cc1cccnc1. The van der Waals surface area contributed by atoms with Crippen LogP contribution in [0.5, 0.6) is 5.75 Å². The second kappa shape index (κ2) is 7.92. The first-order valence-electron chi connectivity index (χ1n) is 9.59. The van der Waals surface area contributed by atoms with Crippen LogP contribution in [0.3, 0.4) is 0 Å². The van der Waals surface area contributed by atoms with Crippen molar-refractivity contribution >= 4 is 12.0 Å². The highest BCUT2D eigenvalue weighted by molar-refractivity contribution is 5.92. The third-order valence-electron chi connectivity index (χ3n) is 5.76. The summed E-state index contributed by atoms with van der Waals surface area (Å²) in [5.74, 6) is 0.711. The standard InChI is InChI=1S/C22H25N3O2/c26-19-6-3-16(4-7-19)5-8-21(27)24-22-18-9-12-25(13-10-18)20(22)14-17-2-1-11-23-15-17/h1-8,11,15,18,20,22,26H,9-10,12-14H2,(H,24,27)/b8-5+/t20-,22+/m1/s1. The Morgan fingerprint density at radius 1 is 1.22 bits per heavy atom. The number of nitrogens with zero attached hydrogens (tertiary/aromatic N) is 2. The van der Waals surface area contributed by atoms with Crippen molar-refractivity contribution in [2.75, 3.05) is 13.1 Å². The number of aromatic nitrogens is 1. The summed E-state index contributed by atoms with van der Waals surface area (Å²) in [6.45, 7) is 2.23. The number of pyridine rings is 1. The van der Waals surface area contributed by atoms with Crippen LogP contribution in [-0.4, -0.2) is 46.1 Å². The summed E-state index contributed by atoms with van der Waals surface area (Å²) < 4.78 is 0. The van der Waals surface area contributed by atoms with Crippen molar-refractivity contribution in [3.63, 3.8) is 0 Å². The summed E-state index contributed by atoms with van der Waals surface area (Å²) >= 11 is 0. The fourth-order valence-corrected chi connectivity index (χ4v) is 4.35. The van der Waals surface area contributed by atoms with E-state index in [-0.39, 0.29) is 17.7 Å². The monoisotopic (exact) mass is 363 g/mol. The number of phenols is 1. The number of aromatic hydroxyl groups is 1. The van der Waals surface area contributed by atoms with E-state index in [1.54, 1.807) is 42.6 Å². The van der Waals surface area contributed by atoms with Crippen LogP contribution in [0, 0.1) is 5.92 Å². The van der Waals surface area contributed by atoms with Gasteiger partial charge in [-0.15, -0.1) is 0 Å². The van der Waals surface area contributed by atoms with Crippen LogP contribution < -0.4 is 5.32 Å². The molecule has 5 nitrogen and oxygen atoms in total. The van der Waals surface area contributed by atoms with E-state index in [0.717, 1.165) is 37.9 Å². The molecule has 2 N–H and O–H groups in total. The first-order chi connectivity index (χ1) is 13.2. The number of nitrogens with one attached hydrogen (secondary N) is 1. The molecular weight excluding hydrogens is 338 g/mol. The van der Waals surface area contributed by atoms with Gasteiger partial charge in [0, 0.05) is 30.6 Å². The van der Waals surface area contributed by atoms with E-state index in [1.165, 1.54) is 5.56 Å². The fraction of sp³-hybridized carbons (Fsp3) is 0.364. The number of fused-ring (bicyclic) bond motifs is 3. The molecule has 3 fully saturated rings. The van der Waals surface area contributed by atoms with Gasteiger partial charge in [0.1, 0.15) is 5.75 Å². The molecule has 5 rings (SSSR count). The average Bonchev–Trinajstić information content (AvgIpc) is 2.71. The van der Waals surface area contributed by atoms with Gasteiger partial charge in [0.25, 0.3) is 0 Å². The molecule has 0 radical (unpaired) electrons. The van der Waals surface area contributed by atoms with Crippen molar-refractivity contribution < 1.29 is 9.90 Å². The van der Waals surface area contributed by atoms with Gasteiger partial charge in [0.2, 0.25) is 5.91 Å². The Hall–Kier alpha value is -2.66. The lowest BCUT2D eigenvalue weighted by atomic mass is 9.77. The molecule has 0 spiro atoms. The summed E-state index contributed by atoms with van der Waals surface area (Å²) in [4.78, 5) is 19.3. The smallest absolute Gasteiger partial charge is 0.244 e. The van der Waals surface area contributed by atoms with Gasteiger partial charge in [-0.2, -0.15) is 0 Å². The van der Waals surface area contributed by atoms with Crippen LogP contribution in [0.4, 0.5) is 0 Å². The number of piperidine rings is 3. The molecule has 0 unspecified atom stereocenters. The molecule has 0 aliphatic carbocycles. The van der Waals surface area contributed by atoms with Crippen molar-refractivity contribution in [1.29, 1.82) is 0 Å². The maximum absolute atomic E-state index is 12.5. The molecular formula is C22H25N3O2.